The van der Waals surface area contributed by atoms with Crippen molar-refractivity contribution in [2.24, 2.45) is 0 Å². The van der Waals surface area contributed by atoms with Gasteiger partial charge in [0.25, 0.3) is 5.79 Å². The summed E-state index contributed by atoms with van der Waals surface area (Å²) in [5, 5.41) is 0. The number of rotatable bonds is 2. The maximum absolute atomic E-state index is 5.90. The Morgan fingerprint density at radius 1 is 0.833 bits per heavy atom. The quantitative estimate of drug-likeness (QED) is 0.797. The molecule has 0 saturated carbocycles. The largest absolute Gasteiger partial charge is 0.456 e. The minimum Gasteiger partial charge on any atom is -0.456 e. The first kappa shape index (κ1) is 11.1. The van der Waals surface area contributed by atoms with Gasteiger partial charge in [0.2, 0.25) is 0 Å². The summed E-state index contributed by atoms with van der Waals surface area (Å²) >= 11 is 0. The molecule has 18 heavy (non-hydrogen) atoms. The number of ether oxygens (including phenoxy) is 2. The first-order chi connectivity index (χ1) is 8.81. The number of hydrogen-bond donors (Lipinski definition) is 0. The van der Waals surface area contributed by atoms with Crippen molar-refractivity contribution in [2.45, 2.75) is 5.79 Å². The SMILES string of the molecule is C=C1COC(c2ccccc2)(c2ccccc2)O1. The molecule has 90 valence electrons. The van der Waals surface area contributed by atoms with Crippen LogP contribution in [0.4, 0.5) is 0 Å². The molecule has 1 heterocycles. The average Bonchev–Trinajstić information content (AvgIpc) is 2.84. The van der Waals surface area contributed by atoms with Crippen LogP contribution in [0.15, 0.2) is 73.0 Å². The first-order valence-electron chi connectivity index (χ1n) is 5.93. The lowest BCUT2D eigenvalue weighted by atomic mass is 9.97. The van der Waals surface area contributed by atoms with E-state index in [1.807, 2.05) is 60.7 Å². The molecule has 2 heteroatoms. The van der Waals surface area contributed by atoms with Gasteiger partial charge in [-0.1, -0.05) is 67.2 Å². The van der Waals surface area contributed by atoms with Crippen LogP contribution >= 0.6 is 0 Å². The third kappa shape index (κ3) is 1.71. The van der Waals surface area contributed by atoms with Gasteiger partial charge in [-0.2, -0.15) is 0 Å². The molecule has 0 radical (unpaired) electrons. The zero-order chi connectivity index (χ0) is 12.4. The van der Waals surface area contributed by atoms with Crippen molar-refractivity contribution in [3.8, 4) is 0 Å². The van der Waals surface area contributed by atoms with Gasteiger partial charge in [0, 0.05) is 11.1 Å². The molecule has 2 aromatic carbocycles. The smallest absolute Gasteiger partial charge is 0.264 e. The molecule has 1 saturated heterocycles. The zero-order valence-corrected chi connectivity index (χ0v) is 10.0. The molecule has 1 fully saturated rings. The Morgan fingerprint density at radius 2 is 1.33 bits per heavy atom. The normalized spacial score (nSPS) is 17.4. The Kier molecular flexibility index (Phi) is 2.65. The monoisotopic (exact) mass is 238 g/mol. The second kappa shape index (κ2) is 4.31. The molecular weight excluding hydrogens is 224 g/mol. The lowest BCUT2D eigenvalue weighted by Gasteiger charge is -2.28. The Morgan fingerprint density at radius 3 is 1.72 bits per heavy atom. The molecule has 2 nitrogen and oxygen atoms in total. The minimum absolute atomic E-state index is 0.420. The fraction of sp³-hybridized carbons (Fsp3) is 0.125. The van der Waals surface area contributed by atoms with E-state index in [-0.39, 0.29) is 0 Å². The molecule has 0 bridgehead atoms. The summed E-state index contributed by atoms with van der Waals surface area (Å²) in [6.07, 6.45) is 0. The van der Waals surface area contributed by atoms with Gasteiger partial charge < -0.3 is 9.47 Å². The van der Waals surface area contributed by atoms with Crippen LogP contribution in [0, 0.1) is 0 Å². The second-order valence-electron chi connectivity index (χ2n) is 4.28. The molecule has 2 aromatic rings. The van der Waals surface area contributed by atoms with Crippen molar-refractivity contribution in [1.29, 1.82) is 0 Å². The van der Waals surface area contributed by atoms with E-state index >= 15 is 0 Å². The summed E-state index contributed by atoms with van der Waals surface area (Å²) in [6.45, 7) is 4.27. The van der Waals surface area contributed by atoms with Gasteiger partial charge in [0.05, 0.1) is 0 Å². The zero-order valence-electron chi connectivity index (χ0n) is 10.0. The van der Waals surface area contributed by atoms with Crippen LogP contribution < -0.4 is 0 Å². The summed E-state index contributed by atoms with van der Waals surface area (Å²) in [7, 11) is 0. The molecular formula is C16H14O2. The molecule has 0 N–H and O–H groups in total. The van der Waals surface area contributed by atoms with Crippen LogP contribution in [0.5, 0.6) is 0 Å². The predicted molar refractivity (Wildman–Crippen MR) is 69.8 cm³/mol. The van der Waals surface area contributed by atoms with Crippen LogP contribution in [0.25, 0.3) is 0 Å². The highest BCUT2D eigenvalue weighted by molar-refractivity contribution is 5.35. The Hall–Kier alpha value is -2.06. The molecule has 0 unspecified atom stereocenters. The third-order valence-corrected chi connectivity index (χ3v) is 3.03. The predicted octanol–water partition coefficient (Wildman–Crippen LogP) is 3.45. The standard InChI is InChI=1S/C16H14O2/c1-13-12-17-16(18-13,14-8-4-2-5-9-14)15-10-6-3-7-11-15/h2-11H,1,12H2. The fourth-order valence-electron chi connectivity index (χ4n) is 2.21. The summed E-state index contributed by atoms with van der Waals surface area (Å²) < 4.78 is 11.8. The van der Waals surface area contributed by atoms with Crippen LogP contribution in [0.3, 0.4) is 0 Å². The van der Waals surface area contributed by atoms with E-state index in [1.54, 1.807) is 0 Å². The highest BCUT2D eigenvalue weighted by Gasteiger charge is 2.42. The van der Waals surface area contributed by atoms with Crippen molar-refractivity contribution in [3.05, 3.63) is 84.1 Å². The molecule has 1 aliphatic heterocycles. The molecule has 0 amide bonds. The van der Waals surface area contributed by atoms with E-state index in [9.17, 15) is 0 Å². The maximum atomic E-state index is 5.90. The molecule has 0 atom stereocenters. The van der Waals surface area contributed by atoms with Gasteiger partial charge in [0.1, 0.15) is 12.4 Å². The molecule has 1 aliphatic rings. The van der Waals surface area contributed by atoms with Gasteiger partial charge in [-0.3, -0.25) is 0 Å². The van der Waals surface area contributed by atoms with E-state index in [1.165, 1.54) is 0 Å². The van der Waals surface area contributed by atoms with Crippen molar-refractivity contribution < 1.29 is 9.47 Å². The molecule has 0 spiro atoms. The van der Waals surface area contributed by atoms with E-state index in [2.05, 4.69) is 6.58 Å². The van der Waals surface area contributed by atoms with E-state index < -0.39 is 5.79 Å². The first-order valence-corrected chi connectivity index (χ1v) is 5.93. The van der Waals surface area contributed by atoms with E-state index in [0.717, 1.165) is 11.1 Å². The average molecular weight is 238 g/mol. The van der Waals surface area contributed by atoms with Crippen molar-refractivity contribution in [1.82, 2.24) is 0 Å². The van der Waals surface area contributed by atoms with Crippen LogP contribution in [0.1, 0.15) is 11.1 Å². The summed E-state index contributed by atoms with van der Waals surface area (Å²) in [4.78, 5) is 0. The van der Waals surface area contributed by atoms with Crippen LogP contribution in [-0.2, 0) is 15.3 Å². The van der Waals surface area contributed by atoms with Gasteiger partial charge in [-0.05, 0) is 0 Å². The maximum Gasteiger partial charge on any atom is 0.264 e. The van der Waals surface area contributed by atoms with Gasteiger partial charge in [-0.15, -0.1) is 0 Å². The fourth-order valence-corrected chi connectivity index (χ4v) is 2.21. The van der Waals surface area contributed by atoms with Gasteiger partial charge in [0.15, 0.2) is 0 Å². The lowest BCUT2D eigenvalue weighted by Crippen LogP contribution is -2.28. The Bertz CT molecular complexity index is 506. The van der Waals surface area contributed by atoms with Crippen molar-refractivity contribution in [3.63, 3.8) is 0 Å². The minimum atomic E-state index is -0.848. The molecule has 0 aromatic heterocycles. The lowest BCUT2D eigenvalue weighted by molar-refractivity contribution is -0.120. The topological polar surface area (TPSA) is 18.5 Å². The highest BCUT2D eigenvalue weighted by atomic mass is 16.7. The van der Waals surface area contributed by atoms with Crippen molar-refractivity contribution >= 4 is 0 Å². The van der Waals surface area contributed by atoms with E-state index in [0.29, 0.717) is 12.4 Å². The summed E-state index contributed by atoms with van der Waals surface area (Å²) in [5.74, 6) is -0.192. The van der Waals surface area contributed by atoms with Crippen LogP contribution in [0.2, 0.25) is 0 Å². The number of benzene rings is 2. The highest BCUT2D eigenvalue weighted by Crippen LogP contribution is 2.41. The summed E-state index contributed by atoms with van der Waals surface area (Å²) in [5.41, 5.74) is 1.96. The van der Waals surface area contributed by atoms with Gasteiger partial charge >= 0.3 is 0 Å². The molecule has 3 rings (SSSR count). The number of hydrogen-bond acceptors (Lipinski definition) is 2. The Labute approximate surface area is 106 Å². The molecule has 0 aliphatic carbocycles. The van der Waals surface area contributed by atoms with E-state index in [4.69, 9.17) is 9.47 Å². The van der Waals surface area contributed by atoms with Gasteiger partial charge in [-0.25, -0.2) is 0 Å². The van der Waals surface area contributed by atoms with Crippen molar-refractivity contribution in [2.75, 3.05) is 6.61 Å². The third-order valence-electron chi connectivity index (χ3n) is 3.03. The summed E-state index contributed by atoms with van der Waals surface area (Å²) in [6, 6.07) is 19.9. The second-order valence-corrected chi connectivity index (χ2v) is 4.28. The Balaban J connectivity index is 2.14. The van der Waals surface area contributed by atoms with Crippen LogP contribution in [-0.4, -0.2) is 6.61 Å².